The van der Waals surface area contributed by atoms with Gasteiger partial charge in [0.15, 0.2) is 0 Å². The molecular formula is C23H26F7N3O4. The van der Waals surface area contributed by atoms with Gasteiger partial charge in [-0.1, -0.05) is 12.1 Å². The van der Waals surface area contributed by atoms with Crippen LogP contribution in [0.2, 0.25) is 0 Å². The Morgan fingerprint density at radius 1 is 0.946 bits per heavy atom. The third kappa shape index (κ3) is 12.4. The minimum atomic E-state index is -5.08. The molecule has 0 unspecified atom stereocenters. The Kier molecular flexibility index (Phi) is 12.3. The van der Waals surface area contributed by atoms with E-state index in [9.17, 15) is 30.7 Å². The van der Waals surface area contributed by atoms with Crippen molar-refractivity contribution >= 4 is 17.6 Å². The molecule has 206 valence electrons. The van der Waals surface area contributed by atoms with Gasteiger partial charge in [0.1, 0.15) is 5.82 Å². The second-order valence-electron chi connectivity index (χ2n) is 7.83. The molecular weight excluding hydrogens is 515 g/mol. The molecule has 1 aromatic carbocycles. The molecule has 14 heteroatoms. The summed E-state index contributed by atoms with van der Waals surface area (Å²) in [6.45, 7) is 7.50. The Labute approximate surface area is 208 Å². The highest BCUT2D eigenvalue weighted by atomic mass is 19.4. The van der Waals surface area contributed by atoms with E-state index in [2.05, 4.69) is 27.8 Å². The predicted octanol–water partition coefficient (Wildman–Crippen LogP) is 4.55. The highest BCUT2D eigenvalue weighted by Gasteiger charge is 2.38. The maximum atomic E-state index is 13.2. The monoisotopic (exact) mass is 541 g/mol. The number of benzene rings is 1. The van der Waals surface area contributed by atoms with Crippen LogP contribution in [-0.4, -0.2) is 77.1 Å². The van der Waals surface area contributed by atoms with E-state index in [-0.39, 0.29) is 5.82 Å². The van der Waals surface area contributed by atoms with Gasteiger partial charge in [0.2, 0.25) is 0 Å². The lowest BCUT2D eigenvalue weighted by Crippen LogP contribution is -2.46. The molecule has 0 spiro atoms. The Morgan fingerprint density at radius 2 is 1.49 bits per heavy atom. The molecule has 3 rings (SSSR count). The van der Waals surface area contributed by atoms with Crippen LogP contribution in [0.5, 0.6) is 0 Å². The number of anilines is 1. The van der Waals surface area contributed by atoms with E-state index in [1.165, 1.54) is 17.3 Å². The number of rotatable bonds is 5. The van der Waals surface area contributed by atoms with Crippen LogP contribution in [0.15, 0.2) is 42.7 Å². The molecule has 1 fully saturated rings. The van der Waals surface area contributed by atoms with E-state index >= 15 is 0 Å². The number of alkyl halides is 6. The van der Waals surface area contributed by atoms with Crippen molar-refractivity contribution in [2.24, 2.45) is 0 Å². The molecule has 0 saturated carbocycles. The maximum Gasteiger partial charge on any atom is 0.490 e. The van der Waals surface area contributed by atoms with E-state index in [4.69, 9.17) is 19.8 Å². The summed E-state index contributed by atoms with van der Waals surface area (Å²) in [7, 11) is 0. The second-order valence-corrected chi connectivity index (χ2v) is 7.83. The number of aliphatic carboxylic acids is 2. The molecule has 7 nitrogen and oxygen atoms in total. The van der Waals surface area contributed by atoms with Crippen molar-refractivity contribution in [3.05, 3.63) is 59.7 Å². The van der Waals surface area contributed by atoms with Gasteiger partial charge in [0, 0.05) is 44.3 Å². The largest absolute Gasteiger partial charge is 0.490 e. The first kappa shape index (κ1) is 31.6. The first-order valence-electron chi connectivity index (χ1n) is 10.8. The molecule has 1 aliphatic rings. The van der Waals surface area contributed by atoms with Crippen molar-refractivity contribution in [1.82, 2.24) is 9.88 Å². The number of carbonyl (C=O) groups is 2. The van der Waals surface area contributed by atoms with Crippen molar-refractivity contribution in [3.63, 3.8) is 0 Å². The third-order valence-corrected chi connectivity index (χ3v) is 5.02. The standard InChI is InChI=1S/C19H24FN3.2C2HF3O2/c1-16-15-21-8-7-19(16)23-12-10-22(11-13-23)9-3-5-17-4-2-6-18(20)14-17;2*3-2(4,5)1(6)7/h2,4,6-8,14-15H,3,5,9-13H2,1H3;2*(H,6,7). The van der Waals surface area contributed by atoms with Gasteiger partial charge in [-0.15, -0.1) is 0 Å². The van der Waals surface area contributed by atoms with Gasteiger partial charge in [-0.05, 0) is 55.6 Å². The fourth-order valence-corrected chi connectivity index (χ4v) is 3.23. The smallest absolute Gasteiger partial charge is 0.475 e. The lowest BCUT2D eigenvalue weighted by molar-refractivity contribution is -0.193. The molecule has 2 N–H and O–H groups in total. The molecule has 0 atom stereocenters. The fourth-order valence-electron chi connectivity index (χ4n) is 3.23. The average molecular weight is 541 g/mol. The van der Waals surface area contributed by atoms with E-state index in [0.29, 0.717) is 0 Å². The Balaban J connectivity index is 0.000000404. The van der Waals surface area contributed by atoms with Gasteiger partial charge in [0.25, 0.3) is 0 Å². The molecule has 2 aromatic rings. The molecule has 1 aromatic heterocycles. The van der Waals surface area contributed by atoms with Crippen LogP contribution in [0.3, 0.4) is 0 Å². The van der Waals surface area contributed by atoms with Crippen LogP contribution < -0.4 is 4.90 Å². The normalized spacial score (nSPS) is 14.1. The Bertz CT molecular complexity index is 984. The number of piperazine rings is 1. The SMILES string of the molecule is Cc1cnccc1N1CCN(CCCc2cccc(F)c2)CC1.O=C(O)C(F)(F)F.O=C(O)C(F)(F)F. The first-order chi connectivity index (χ1) is 17.1. The van der Waals surface area contributed by atoms with Crippen LogP contribution in [0.1, 0.15) is 17.5 Å². The summed E-state index contributed by atoms with van der Waals surface area (Å²) in [4.78, 5) is 26.9. The number of pyridine rings is 1. The van der Waals surface area contributed by atoms with Crippen molar-refractivity contribution in [2.75, 3.05) is 37.6 Å². The lowest BCUT2D eigenvalue weighted by Gasteiger charge is -2.36. The number of halogens is 7. The molecule has 37 heavy (non-hydrogen) atoms. The molecule has 2 heterocycles. The van der Waals surface area contributed by atoms with Crippen molar-refractivity contribution in [2.45, 2.75) is 32.1 Å². The van der Waals surface area contributed by atoms with Crippen molar-refractivity contribution in [1.29, 1.82) is 0 Å². The van der Waals surface area contributed by atoms with Gasteiger partial charge in [0.05, 0.1) is 0 Å². The Morgan fingerprint density at radius 3 is 1.95 bits per heavy atom. The highest BCUT2D eigenvalue weighted by molar-refractivity contribution is 5.73. The van der Waals surface area contributed by atoms with Gasteiger partial charge in [-0.3, -0.25) is 9.88 Å². The minimum Gasteiger partial charge on any atom is -0.475 e. The zero-order chi connectivity index (χ0) is 28.2. The number of nitrogens with zero attached hydrogens (tertiary/aromatic N) is 3. The fraction of sp³-hybridized carbons (Fsp3) is 0.435. The Hall–Kier alpha value is -3.42. The highest BCUT2D eigenvalue weighted by Crippen LogP contribution is 2.20. The average Bonchev–Trinajstić information content (AvgIpc) is 2.80. The van der Waals surface area contributed by atoms with E-state index < -0.39 is 24.3 Å². The minimum absolute atomic E-state index is 0.135. The van der Waals surface area contributed by atoms with Gasteiger partial charge < -0.3 is 15.1 Å². The molecule has 0 radical (unpaired) electrons. The summed E-state index contributed by atoms with van der Waals surface area (Å²) in [5.74, 6) is -5.65. The summed E-state index contributed by atoms with van der Waals surface area (Å²) in [6.07, 6.45) is -4.34. The third-order valence-electron chi connectivity index (χ3n) is 5.02. The maximum absolute atomic E-state index is 13.2. The molecule has 0 amide bonds. The van der Waals surface area contributed by atoms with E-state index in [0.717, 1.165) is 51.1 Å². The van der Waals surface area contributed by atoms with Gasteiger partial charge in [-0.2, -0.15) is 26.3 Å². The van der Waals surface area contributed by atoms with Crippen molar-refractivity contribution < 1.29 is 50.5 Å². The van der Waals surface area contributed by atoms with Gasteiger partial charge >= 0.3 is 24.3 Å². The number of aromatic nitrogens is 1. The number of hydrogen-bond acceptors (Lipinski definition) is 5. The predicted molar refractivity (Wildman–Crippen MR) is 120 cm³/mol. The quantitative estimate of drug-likeness (QED) is 0.537. The molecule has 0 aliphatic carbocycles. The second kappa shape index (κ2) is 14.4. The van der Waals surface area contributed by atoms with Crippen LogP contribution in [-0.2, 0) is 16.0 Å². The first-order valence-corrected chi connectivity index (χ1v) is 10.8. The molecule has 1 aliphatic heterocycles. The van der Waals surface area contributed by atoms with E-state index in [1.807, 2.05) is 18.5 Å². The zero-order valence-electron chi connectivity index (χ0n) is 19.7. The van der Waals surface area contributed by atoms with Crippen LogP contribution in [0, 0.1) is 12.7 Å². The summed E-state index contributed by atoms with van der Waals surface area (Å²) in [5.41, 5.74) is 3.64. The summed E-state index contributed by atoms with van der Waals surface area (Å²) >= 11 is 0. The topological polar surface area (TPSA) is 94.0 Å². The molecule has 0 bridgehead atoms. The van der Waals surface area contributed by atoms with Crippen LogP contribution in [0.4, 0.5) is 36.4 Å². The van der Waals surface area contributed by atoms with Crippen LogP contribution >= 0.6 is 0 Å². The number of carboxylic acid groups (broad SMARTS) is 2. The van der Waals surface area contributed by atoms with Gasteiger partial charge in [-0.25, -0.2) is 14.0 Å². The number of hydrogen-bond donors (Lipinski definition) is 2. The molecule has 1 saturated heterocycles. The summed E-state index contributed by atoms with van der Waals surface area (Å²) in [6, 6.07) is 9.05. The zero-order valence-corrected chi connectivity index (χ0v) is 19.7. The summed E-state index contributed by atoms with van der Waals surface area (Å²) in [5, 5.41) is 14.2. The van der Waals surface area contributed by atoms with E-state index in [1.54, 1.807) is 12.1 Å². The summed E-state index contributed by atoms with van der Waals surface area (Å²) < 4.78 is 76.6. The van der Waals surface area contributed by atoms with Crippen molar-refractivity contribution in [3.8, 4) is 0 Å². The van der Waals surface area contributed by atoms with Crippen LogP contribution in [0.25, 0.3) is 0 Å². The number of carboxylic acids is 2. The lowest BCUT2D eigenvalue weighted by atomic mass is 10.1. The number of aryl methyl sites for hydroxylation is 2.